The lowest BCUT2D eigenvalue weighted by molar-refractivity contribution is -0.145. The molecule has 1 aliphatic rings. The van der Waals surface area contributed by atoms with E-state index in [9.17, 15) is 9.59 Å². The van der Waals surface area contributed by atoms with Crippen LogP contribution in [0.3, 0.4) is 0 Å². The number of carbonyl (C=O) groups excluding carboxylic acids is 2. The zero-order valence-electron chi connectivity index (χ0n) is 10.3. The second-order valence-electron chi connectivity index (χ2n) is 4.39. The molecule has 0 spiro atoms. The summed E-state index contributed by atoms with van der Waals surface area (Å²) in [5.41, 5.74) is 0.872. The maximum atomic E-state index is 12.0. The number of nitrogens with zero attached hydrogens (tertiary/aromatic N) is 2. The molecule has 3 rings (SSSR count). The minimum Gasteiger partial charge on any atom is -0.469 e. The van der Waals surface area contributed by atoms with Crippen molar-refractivity contribution in [3.8, 4) is 0 Å². The van der Waals surface area contributed by atoms with E-state index in [0.29, 0.717) is 11.7 Å². The predicted octanol–water partition coefficient (Wildman–Crippen LogP) is 1.82. The van der Waals surface area contributed by atoms with Crippen molar-refractivity contribution in [3.63, 3.8) is 0 Å². The number of hydrogen-bond donors (Lipinski definition) is 0. The summed E-state index contributed by atoms with van der Waals surface area (Å²) in [7, 11) is 1.34. The van der Waals surface area contributed by atoms with Gasteiger partial charge in [0.2, 0.25) is 5.91 Å². The van der Waals surface area contributed by atoms with Crippen molar-refractivity contribution in [2.75, 3.05) is 18.6 Å². The van der Waals surface area contributed by atoms with Gasteiger partial charge in [-0.15, -0.1) is 0 Å². The van der Waals surface area contributed by atoms with Gasteiger partial charge in [-0.25, -0.2) is 4.98 Å². The molecule has 0 radical (unpaired) electrons. The highest BCUT2D eigenvalue weighted by Gasteiger charge is 2.37. The van der Waals surface area contributed by atoms with Gasteiger partial charge < -0.3 is 4.74 Å². The van der Waals surface area contributed by atoms with E-state index in [0.717, 1.165) is 10.2 Å². The zero-order valence-corrected chi connectivity index (χ0v) is 11.1. The Morgan fingerprint density at radius 3 is 3.00 bits per heavy atom. The SMILES string of the molecule is COC(=O)C1CC(=O)N(c2nc3ccccc3s2)C1. The van der Waals surface area contributed by atoms with Crippen molar-refractivity contribution >= 4 is 38.6 Å². The highest BCUT2D eigenvalue weighted by atomic mass is 32.1. The number of carbonyl (C=O) groups is 2. The van der Waals surface area contributed by atoms with Crippen molar-refractivity contribution in [2.24, 2.45) is 5.92 Å². The topological polar surface area (TPSA) is 59.5 Å². The van der Waals surface area contributed by atoms with Crippen molar-refractivity contribution in [1.82, 2.24) is 4.98 Å². The molecule has 5 nitrogen and oxygen atoms in total. The summed E-state index contributed by atoms with van der Waals surface area (Å²) in [6, 6.07) is 7.73. The Balaban J connectivity index is 1.90. The van der Waals surface area contributed by atoms with Gasteiger partial charge in [-0.3, -0.25) is 14.5 Å². The molecule has 0 saturated carbocycles. The van der Waals surface area contributed by atoms with Gasteiger partial charge in [0, 0.05) is 13.0 Å². The van der Waals surface area contributed by atoms with Gasteiger partial charge >= 0.3 is 5.97 Å². The number of aromatic nitrogens is 1. The smallest absolute Gasteiger partial charge is 0.311 e. The summed E-state index contributed by atoms with van der Waals surface area (Å²) in [4.78, 5) is 29.5. The first kappa shape index (κ1) is 12.1. The minimum atomic E-state index is -0.385. The lowest BCUT2D eigenvalue weighted by atomic mass is 10.1. The quantitative estimate of drug-likeness (QED) is 0.785. The number of rotatable bonds is 2. The van der Waals surface area contributed by atoms with E-state index in [1.807, 2.05) is 24.3 Å². The fourth-order valence-electron chi connectivity index (χ4n) is 2.19. The molecule has 1 aromatic carbocycles. The van der Waals surface area contributed by atoms with Gasteiger partial charge in [0.05, 0.1) is 23.2 Å². The number of anilines is 1. The second-order valence-corrected chi connectivity index (χ2v) is 5.40. The van der Waals surface area contributed by atoms with Crippen molar-refractivity contribution < 1.29 is 14.3 Å². The van der Waals surface area contributed by atoms with Gasteiger partial charge in [0.25, 0.3) is 0 Å². The molecule has 98 valence electrons. The minimum absolute atomic E-state index is 0.0746. The average molecular weight is 276 g/mol. The van der Waals surface area contributed by atoms with E-state index >= 15 is 0 Å². The van der Waals surface area contributed by atoms with Crippen LogP contribution < -0.4 is 4.90 Å². The fraction of sp³-hybridized carbons (Fsp3) is 0.308. The lowest BCUT2D eigenvalue weighted by Crippen LogP contribution is -2.25. The summed E-state index contributed by atoms with van der Waals surface area (Å²) < 4.78 is 5.72. The Labute approximate surface area is 113 Å². The third-order valence-corrected chi connectivity index (χ3v) is 4.23. The molecule has 0 N–H and O–H groups in total. The van der Waals surface area contributed by atoms with Crippen LogP contribution in [0.4, 0.5) is 5.13 Å². The van der Waals surface area contributed by atoms with Crippen molar-refractivity contribution in [1.29, 1.82) is 0 Å². The molecule has 1 atom stereocenters. The summed E-state index contributed by atoms with van der Waals surface area (Å²) >= 11 is 1.46. The summed E-state index contributed by atoms with van der Waals surface area (Å²) in [5, 5.41) is 0.651. The van der Waals surface area contributed by atoms with Crippen molar-refractivity contribution in [2.45, 2.75) is 6.42 Å². The Morgan fingerprint density at radius 1 is 1.47 bits per heavy atom. The molecule has 0 aliphatic carbocycles. The Hall–Kier alpha value is -1.95. The summed E-state index contributed by atoms with van der Waals surface area (Å²) in [5.74, 6) is -0.795. The number of ether oxygens (including phenoxy) is 1. The molecule has 1 aliphatic heterocycles. The van der Waals surface area contributed by atoms with Crippen LogP contribution in [-0.2, 0) is 14.3 Å². The molecule has 1 fully saturated rings. The largest absolute Gasteiger partial charge is 0.469 e. The molecule has 1 aromatic heterocycles. The Bertz CT molecular complexity index is 619. The first-order valence-corrected chi connectivity index (χ1v) is 6.74. The lowest BCUT2D eigenvalue weighted by Gasteiger charge is -2.11. The van der Waals surface area contributed by atoms with Gasteiger partial charge in [-0.2, -0.15) is 0 Å². The first-order valence-electron chi connectivity index (χ1n) is 5.93. The number of hydrogen-bond acceptors (Lipinski definition) is 5. The predicted molar refractivity (Wildman–Crippen MR) is 72.1 cm³/mol. The van der Waals surface area contributed by atoms with Crippen molar-refractivity contribution in [3.05, 3.63) is 24.3 Å². The van der Waals surface area contributed by atoms with Gasteiger partial charge in [0.15, 0.2) is 5.13 Å². The number of amides is 1. The van der Waals surface area contributed by atoms with E-state index in [2.05, 4.69) is 4.98 Å². The summed E-state index contributed by atoms with van der Waals surface area (Å²) in [6.45, 7) is 0.353. The molecule has 6 heteroatoms. The third-order valence-electron chi connectivity index (χ3n) is 3.17. The van der Waals surface area contributed by atoms with Gasteiger partial charge in [0.1, 0.15) is 0 Å². The molecule has 2 aromatic rings. The molecule has 1 saturated heterocycles. The van der Waals surface area contributed by atoms with E-state index < -0.39 is 0 Å². The van der Waals surface area contributed by atoms with Crippen LogP contribution in [0.5, 0.6) is 0 Å². The van der Waals surface area contributed by atoms with Crippen LogP contribution in [0.1, 0.15) is 6.42 Å². The Morgan fingerprint density at radius 2 is 2.26 bits per heavy atom. The molecule has 2 heterocycles. The van der Waals surface area contributed by atoms with E-state index in [1.54, 1.807) is 4.90 Å². The molecule has 1 amide bonds. The summed E-state index contributed by atoms with van der Waals surface area (Å²) in [6.07, 6.45) is 0.197. The fourth-order valence-corrected chi connectivity index (χ4v) is 3.18. The van der Waals surface area contributed by atoms with E-state index in [1.165, 1.54) is 18.4 Å². The van der Waals surface area contributed by atoms with Gasteiger partial charge in [-0.1, -0.05) is 23.5 Å². The highest BCUT2D eigenvalue weighted by molar-refractivity contribution is 7.22. The molecular weight excluding hydrogens is 264 g/mol. The molecule has 0 bridgehead atoms. The van der Waals surface area contributed by atoms with E-state index in [-0.39, 0.29) is 24.2 Å². The van der Waals surface area contributed by atoms with Crippen LogP contribution in [-0.4, -0.2) is 30.5 Å². The van der Waals surface area contributed by atoms with Gasteiger partial charge in [-0.05, 0) is 12.1 Å². The zero-order chi connectivity index (χ0) is 13.4. The van der Waals surface area contributed by atoms with Crippen LogP contribution in [0.25, 0.3) is 10.2 Å². The molecular formula is C13H12N2O3S. The van der Waals surface area contributed by atoms with Crippen LogP contribution >= 0.6 is 11.3 Å². The number of esters is 1. The average Bonchev–Trinajstić information content (AvgIpc) is 3.00. The van der Waals surface area contributed by atoms with E-state index in [4.69, 9.17) is 4.74 Å². The standard InChI is InChI=1S/C13H12N2O3S/c1-18-12(17)8-6-11(16)15(7-8)13-14-9-4-2-3-5-10(9)19-13/h2-5,8H,6-7H2,1H3. The normalized spacial score (nSPS) is 19.1. The van der Waals surface area contributed by atoms with Crippen LogP contribution in [0.2, 0.25) is 0 Å². The van der Waals surface area contributed by atoms with Crippen LogP contribution in [0.15, 0.2) is 24.3 Å². The van der Waals surface area contributed by atoms with Crippen LogP contribution in [0, 0.1) is 5.92 Å². The molecule has 1 unspecified atom stereocenters. The molecule has 19 heavy (non-hydrogen) atoms. The Kier molecular flexibility index (Phi) is 2.94. The first-order chi connectivity index (χ1) is 9.19. The maximum Gasteiger partial charge on any atom is 0.311 e. The second kappa shape index (κ2) is 4.62. The number of para-hydroxylation sites is 1. The number of benzene rings is 1. The third kappa shape index (κ3) is 2.08. The monoisotopic (exact) mass is 276 g/mol. The number of methoxy groups -OCH3 is 1. The number of thiazole rings is 1. The highest BCUT2D eigenvalue weighted by Crippen LogP contribution is 2.32. The number of fused-ring (bicyclic) bond motifs is 1. The maximum absolute atomic E-state index is 12.0.